The highest BCUT2D eigenvalue weighted by Crippen LogP contribution is 2.38. The first-order valence-electron chi connectivity index (χ1n) is 8.70. The standard InChI is InChI=1S/C22H25NO2/c1-14(2)13-23-20-9-7-6-8-18(20)19(22(23)24)12-17-10-16(4)21(25-5)11-15(17)3/h6-12,14H,13H2,1-5H3/b19-12-. The van der Waals surface area contributed by atoms with Crippen molar-refractivity contribution in [2.24, 2.45) is 5.92 Å². The molecule has 0 aromatic heterocycles. The summed E-state index contributed by atoms with van der Waals surface area (Å²) in [6.45, 7) is 9.07. The maximum Gasteiger partial charge on any atom is 0.259 e. The van der Waals surface area contributed by atoms with E-state index in [1.807, 2.05) is 55.2 Å². The number of aryl methyl sites for hydroxylation is 2. The number of rotatable bonds is 4. The van der Waals surface area contributed by atoms with Gasteiger partial charge in [0.05, 0.1) is 12.8 Å². The fourth-order valence-electron chi connectivity index (χ4n) is 3.34. The van der Waals surface area contributed by atoms with Crippen LogP contribution in [-0.4, -0.2) is 19.6 Å². The van der Waals surface area contributed by atoms with Gasteiger partial charge in [-0.3, -0.25) is 4.79 Å². The van der Waals surface area contributed by atoms with E-state index in [0.29, 0.717) is 5.92 Å². The van der Waals surface area contributed by atoms with Crippen molar-refractivity contribution in [3.05, 3.63) is 58.7 Å². The van der Waals surface area contributed by atoms with Crippen LogP contribution in [0, 0.1) is 19.8 Å². The van der Waals surface area contributed by atoms with E-state index in [1.54, 1.807) is 7.11 Å². The lowest BCUT2D eigenvalue weighted by Gasteiger charge is -2.19. The second kappa shape index (κ2) is 6.75. The van der Waals surface area contributed by atoms with Crippen LogP contribution in [0.5, 0.6) is 5.75 Å². The monoisotopic (exact) mass is 335 g/mol. The molecule has 1 amide bonds. The molecule has 3 rings (SSSR count). The molecule has 1 aliphatic rings. The number of methoxy groups -OCH3 is 1. The molecule has 2 aromatic carbocycles. The number of hydrogen-bond acceptors (Lipinski definition) is 2. The summed E-state index contributed by atoms with van der Waals surface area (Å²) in [4.78, 5) is 15.0. The molecule has 1 heterocycles. The van der Waals surface area contributed by atoms with Crippen molar-refractivity contribution in [3.63, 3.8) is 0 Å². The second-order valence-electron chi connectivity index (χ2n) is 7.06. The highest BCUT2D eigenvalue weighted by Gasteiger charge is 2.32. The van der Waals surface area contributed by atoms with Crippen molar-refractivity contribution in [2.75, 3.05) is 18.6 Å². The summed E-state index contributed by atoms with van der Waals surface area (Å²) in [6.07, 6.45) is 2.02. The largest absolute Gasteiger partial charge is 0.496 e. The Morgan fingerprint density at radius 3 is 2.52 bits per heavy atom. The van der Waals surface area contributed by atoms with Gasteiger partial charge in [-0.2, -0.15) is 0 Å². The zero-order valence-electron chi connectivity index (χ0n) is 15.6. The topological polar surface area (TPSA) is 29.5 Å². The molecule has 0 radical (unpaired) electrons. The van der Waals surface area contributed by atoms with Crippen molar-refractivity contribution in [2.45, 2.75) is 27.7 Å². The zero-order valence-corrected chi connectivity index (χ0v) is 15.6. The van der Waals surface area contributed by atoms with Gasteiger partial charge in [0.15, 0.2) is 0 Å². The zero-order chi connectivity index (χ0) is 18.1. The number of carbonyl (C=O) groups is 1. The Kier molecular flexibility index (Phi) is 4.67. The van der Waals surface area contributed by atoms with Crippen LogP contribution in [0.15, 0.2) is 36.4 Å². The maximum absolute atomic E-state index is 13.1. The number of hydrogen-bond donors (Lipinski definition) is 0. The summed E-state index contributed by atoms with van der Waals surface area (Å²) in [5.41, 5.74) is 6.02. The van der Waals surface area contributed by atoms with Crippen molar-refractivity contribution >= 4 is 23.2 Å². The molecule has 130 valence electrons. The smallest absolute Gasteiger partial charge is 0.259 e. The van der Waals surface area contributed by atoms with E-state index in [-0.39, 0.29) is 5.91 Å². The van der Waals surface area contributed by atoms with E-state index in [1.165, 1.54) is 0 Å². The second-order valence-corrected chi connectivity index (χ2v) is 7.06. The Morgan fingerprint density at radius 1 is 1.12 bits per heavy atom. The SMILES string of the molecule is COc1cc(C)c(/C=C2\C(=O)N(CC(C)C)c3ccccc32)cc1C. The van der Waals surface area contributed by atoms with Gasteiger partial charge in [0, 0.05) is 17.7 Å². The molecule has 0 aliphatic carbocycles. The number of ether oxygens (including phenoxy) is 1. The van der Waals surface area contributed by atoms with Gasteiger partial charge in [0.25, 0.3) is 5.91 Å². The van der Waals surface area contributed by atoms with Crippen LogP contribution in [0.1, 0.15) is 36.1 Å². The predicted octanol–water partition coefficient (Wildman–Crippen LogP) is 4.86. The summed E-state index contributed by atoms with van der Waals surface area (Å²) in [5.74, 6) is 1.38. The minimum Gasteiger partial charge on any atom is -0.496 e. The summed E-state index contributed by atoms with van der Waals surface area (Å²) >= 11 is 0. The molecule has 0 unspecified atom stereocenters. The number of para-hydroxylation sites is 1. The van der Waals surface area contributed by atoms with Crippen molar-refractivity contribution in [3.8, 4) is 5.75 Å². The third kappa shape index (κ3) is 3.19. The summed E-state index contributed by atoms with van der Waals surface area (Å²) < 4.78 is 5.39. The van der Waals surface area contributed by atoms with E-state index < -0.39 is 0 Å². The fraction of sp³-hybridized carbons (Fsp3) is 0.318. The molecule has 0 fully saturated rings. The lowest BCUT2D eigenvalue weighted by atomic mass is 9.99. The van der Waals surface area contributed by atoms with Gasteiger partial charge in [-0.15, -0.1) is 0 Å². The number of carbonyl (C=O) groups excluding carboxylic acids is 1. The normalized spacial score (nSPS) is 15.2. The van der Waals surface area contributed by atoms with Gasteiger partial charge < -0.3 is 9.64 Å². The van der Waals surface area contributed by atoms with E-state index >= 15 is 0 Å². The van der Waals surface area contributed by atoms with Crippen molar-refractivity contribution in [1.82, 2.24) is 0 Å². The molecule has 1 aliphatic heterocycles. The van der Waals surface area contributed by atoms with Gasteiger partial charge in [-0.25, -0.2) is 0 Å². The Labute approximate surface area is 149 Å². The summed E-state index contributed by atoms with van der Waals surface area (Å²) in [6, 6.07) is 12.2. The molecule has 0 N–H and O–H groups in total. The summed E-state index contributed by atoms with van der Waals surface area (Å²) in [7, 11) is 1.68. The molecule has 0 bridgehead atoms. The average molecular weight is 335 g/mol. The molecule has 3 nitrogen and oxygen atoms in total. The molecule has 25 heavy (non-hydrogen) atoms. The third-order valence-corrected chi connectivity index (χ3v) is 4.59. The fourth-order valence-corrected chi connectivity index (χ4v) is 3.34. The molecule has 2 aromatic rings. The van der Waals surface area contributed by atoms with Gasteiger partial charge in [0.1, 0.15) is 5.75 Å². The number of fused-ring (bicyclic) bond motifs is 1. The Hall–Kier alpha value is -2.55. The van der Waals surface area contributed by atoms with Crippen LogP contribution in [0.4, 0.5) is 5.69 Å². The molecule has 0 saturated heterocycles. The highest BCUT2D eigenvalue weighted by molar-refractivity contribution is 6.35. The van der Waals surface area contributed by atoms with Crippen LogP contribution in [0.25, 0.3) is 11.6 Å². The molecule has 0 spiro atoms. The lowest BCUT2D eigenvalue weighted by molar-refractivity contribution is -0.113. The van der Waals surface area contributed by atoms with E-state index in [0.717, 1.165) is 45.8 Å². The predicted molar refractivity (Wildman–Crippen MR) is 104 cm³/mol. The minimum atomic E-state index is 0.0859. The number of amides is 1. The Balaban J connectivity index is 2.10. The van der Waals surface area contributed by atoms with Crippen LogP contribution in [0.2, 0.25) is 0 Å². The lowest BCUT2D eigenvalue weighted by Crippen LogP contribution is -2.30. The van der Waals surface area contributed by atoms with Gasteiger partial charge in [-0.05, 0) is 60.7 Å². The van der Waals surface area contributed by atoms with E-state index in [2.05, 4.69) is 19.9 Å². The van der Waals surface area contributed by atoms with Gasteiger partial charge >= 0.3 is 0 Å². The van der Waals surface area contributed by atoms with Crippen LogP contribution in [-0.2, 0) is 4.79 Å². The number of benzene rings is 2. The quantitative estimate of drug-likeness (QED) is 0.747. The van der Waals surface area contributed by atoms with E-state index in [4.69, 9.17) is 4.74 Å². The van der Waals surface area contributed by atoms with Crippen molar-refractivity contribution < 1.29 is 9.53 Å². The third-order valence-electron chi connectivity index (χ3n) is 4.59. The van der Waals surface area contributed by atoms with Crippen LogP contribution >= 0.6 is 0 Å². The Bertz CT molecular complexity index is 849. The first-order valence-corrected chi connectivity index (χ1v) is 8.70. The van der Waals surface area contributed by atoms with Gasteiger partial charge in [-0.1, -0.05) is 32.0 Å². The molecular formula is C22H25NO2. The number of anilines is 1. The molecule has 3 heteroatoms. The number of nitrogens with zero attached hydrogens (tertiary/aromatic N) is 1. The first-order chi connectivity index (χ1) is 11.9. The molecule has 0 atom stereocenters. The molecule has 0 saturated carbocycles. The highest BCUT2D eigenvalue weighted by atomic mass is 16.5. The summed E-state index contributed by atoms with van der Waals surface area (Å²) in [5, 5.41) is 0. The maximum atomic E-state index is 13.1. The minimum absolute atomic E-state index is 0.0859. The van der Waals surface area contributed by atoms with Crippen LogP contribution in [0.3, 0.4) is 0 Å². The van der Waals surface area contributed by atoms with Crippen LogP contribution < -0.4 is 9.64 Å². The van der Waals surface area contributed by atoms with E-state index in [9.17, 15) is 4.79 Å². The van der Waals surface area contributed by atoms with Gasteiger partial charge in [0.2, 0.25) is 0 Å². The first kappa shape index (κ1) is 17.3. The van der Waals surface area contributed by atoms with Crippen molar-refractivity contribution in [1.29, 1.82) is 0 Å². The average Bonchev–Trinajstić information content (AvgIpc) is 2.83. The Morgan fingerprint density at radius 2 is 1.84 bits per heavy atom. The molecular weight excluding hydrogens is 310 g/mol.